The molecule has 2 aliphatic rings. The lowest BCUT2D eigenvalue weighted by Crippen LogP contribution is -2.38. The van der Waals surface area contributed by atoms with E-state index >= 15 is 0 Å². The summed E-state index contributed by atoms with van der Waals surface area (Å²) in [7, 11) is 0. The third-order valence-electron chi connectivity index (χ3n) is 4.40. The number of nitrogens with zero attached hydrogens (tertiary/aromatic N) is 1. The third-order valence-corrected chi connectivity index (χ3v) is 4.40. The molecule has 1 fully saturated rings. The molecule has 0 bridgehead atoms. The Kier molecular flexibility index (Phi) is 5.35. The van der Waals surface area contributed by atoms with Crippen LogP contribution in [0.15, 0.2) is 35.5 Å². The molecule has 0 saturated carbocycles. The number of nitrogens with one attached hydrogen (secondary N) is 1. The fourth-order valence-corrected chi connectivity index (χ4v) is 3.02. The van der Waals surface area contributed by atoms with Crippen LogP contribution in [0.4, 0.5) is 5.69 Å². The number of allylic oxidation sites excluding steroid dienone is 2. The second-order valence-electron chi connectivity index (χ2n) is 6.07. The zero-order valence-corrected chi connectivity index (χ0v) is 13.4. The van der Waals surface area contributed by atoms with Crippen LogP contribution in [0.2, 0.25) is 0 Å². The Morgan fingerprint density at radius 1 is 1.23 bits per heavy atom. The monoisotopic (exact) mass is 302 g/mol. The molecule has 4 heteroatoms. The Bertz CT molecular complexity index is 522. The lowest BCUT2D eigenvalue weighted by atomic mass is 10.2. The Balaban J connectivity index is 1.49. The van der Waals surface area contributed by atoms with Gasteiger partial charge in [0.05, 0.1) is 13.2 Å². The van der Waals surface area contributed by atoms with Crippen molar-refractivity contribution in [1.82, 2.24) is 4.90 Å². The maximum Gasteiger partial charge on any atom is 0.121 e. The molecule has 1 N–H and O–H groups in total. The Morgan fingerprint density at radius 2 is 2.09 bits per heavy atom. The van der Waals surface area contributed by atoms with Gasteiger partial charge in [0, 0.05) is 37.1 Å². The topological polar surface area (TPSA) is 33.7 Å². The van der Waals surface area contributed by atoms with E-state index in [9.17, 15) is 0 Å². The van der Waals surface area contributed by atoms with E-state index in [0.29, 0.717) is 0 Å². The summed E-state index contributed by atoms with van der Waals surface area (Å²) < 4.78 is 11.3. The fourth-order valence-electron chi connectivity index (χ4n) is 3.02. The van der Waals surface area contributed by atoms with E-state index in [4.69, 9.17) is 9.47 Å². The first-order chi connectivity index (χ1) is 10.8. The molecule has 1 aromatic rings. The molecule has 0 aromatic heterocycles. The van der Waals surface area contributed by atoms with Gasteiger partial charge in [0.25, 0.3) is 0 Å². The third kappa shape index (κ3) is 4.24. The van der Waals surface area contributed by atoms with Crippen molar-refractivity contribution in [3.8, 4) is 5.75 Å². The molecule has 0 radical (unpaired) electrons. The van der Waals surface area contributed by atoms with Crippen LogP contribution >= 0.6 is 0 Å². The van der Waals surface area contributed by atoms with Gasteiger partial charge >= 0.3 is 0 Å². The predicted molar refractivity (Wildman–Crippen MR) is 89.4 cm³/mol. The molecule has 4 nitrogen and oxygen atoms in total. The minimum absolute atomic E-state index is 0.727. The van der Waals surface area contributed by atoms with Crippen LogP contribution in [-0.2, 0) is 4.74 Å². The number of rotatable bonds is 6. The Morgan fingerprint density at radius 3 is 2.86 bits per heavy atom. The van der Waals surface area contributed by atoms with Crippen molar-refractivity contribution < 1.29 is 9.47 Å². The SMILES string of the molecule is CC1=C(Nc2cccc(OCCN3CCOCC3)c2)CCC1. The Hall–Kier alpha value is -1.52. The second-order valence-corrected chi connectivity index (χ2v) is 6.07. The van der Waals surface area contributed by atoms with E-state index in [0.717, 1.165) is 57.3 Å². The molecule has 1 aliphatic carbocycles. The van der Waals surface area contributed by atoms with Gasteiger partial charge < -0.3 is 14.8 Å². The van der Waals surface area contributed by atoms with E-state index < -0.39 is 0 Å². The van der Waals surface area contributed by atoms with Crippen molar-refractivity contribution in [2.24, 2.45) is 0 Å². The highest BCUT2D eigenvalue weighted by atomic mass is 16.5. The average molecular weight is 302 g/mol. The highest BCUT2D eigenvalue weighted by molar-refractivity contribution is 5.53. The van der Waals surface area contributed by atoms with Crippen molar-refractivity contribution in [3.63, 3.8) is 0 Å². The van der Waals surface area contributed by atoms with Crippen LogP contribution < -0.4 is 10.1 Å². The summed E-state index contributed by atoms with van der Waals surface area (Å²) in [6, 6.07) is 8.28. The molecule has 0 amide bonds. The normalized spacial score (nSPS) is 19.5. The molecule has 3 rings (SSSR count). The van der Waals surface area contributed by atoms with Gasteiger partial charge in [0.2, 0.25) is 0 Å². The minimum Gasteiger partial charge on any atom is -0.492 e. The maximum absolute atomic E-state index is 5.90. The molecular weight excluding hydrogens is 276 g/mol. The molecule has 0 unspecified atom stereocenters. The summed E-state index contributed by atoms with van der Waals surface area (Å²) in [5.74, 6) is 0.939. The van der Waals surface area contributed by atoms with Crippen LogP contribution in [0.5, 0.6) is 5.75 Å². The number of benzene rings is 1. The highest BCUT2D eigenvalue weighted by Crippen LogP contribution is 2.28. The molecule has 1 aromatic carbocycles. The molecule has 0 spiro atoms. The zero-order chi connectivity index (χ0) is 15.2. The van der Waals surface area contributed by atoms with Gasteiger partial charge in [-0.15, -0.1) is 0 Å². The van der Waals surface area contributed by atoms with E-state index in [1.807, 2.05) is 6.07 Å². The first-order valence-corrected chi connectivity index (χ1v) is 8.30. The molecule has 0 atom stereocenters. The summed E-state index contributed by atoms with van der Waals surface area (Å²) in [6.07, 6.45) is 3.65. The first kappa shape index (κ1) is 15.4. The Labute approximate surface area is 133 Å². The van der Waals surface area contributed by atoms with Crippen LogP contribution in [0.3, 0.4) is 0 Å². The standard InChI is InChI=1S/C18H26N2O2/c1-15-4-2-7-18(15)19-16-5-3-6-17(14-16)22-13-10-20-8-11-21-12-9-20/h3,5-6,14,19H,2,4,7-13H2,1H3. The smallest absolute Gasteiger partial charge is 0.121 e. The average Bonchev–Trinajstić information content (AvgIpc) is 2.94. The fraction of sp³-hybridized carbons (Fsp3) is 0.556. The minimum atomic E-state index is 0.727. The summed E-state index contributed by atoms with van der Waals surface area (Å²) in [5.41, 5.74) is 3.99. The lowest BCUT2D eigenvalue weighted by Gasteiger charge is -2.26. The van der Waals surface area contributed by atoms with Crippen LogP contribution in [0.25, 0.3) is 0 Å². The summed E-state index contributed by atoms with van der Waals surface area (Å²) in [5, 5.41) is 3.54. The zero-order valence-electron chi connectivity index (χ0n) is 13.4. The van der Waals surface area contributed by atoms with E-state index in [-0.39, 0.29) is 0 Å². The summed E-state index contributed by atoms with van der Waals surface area (Å²) >= 11 is 0. The predicted octanol–water partition coefficient (Wildman–Crippen LogP) is 3.27. The second kappa shape index (κ2) is 7.65. The van der Waals surface area contributed by atoms with Crippen molar-refractivity contribution in [2.45, 2.75) is 26.2 Å². The number of ether oxygens (including phenoxy) is 2. The van der Waals surface area contributed by atoms with Gasteiger partial charge in [-0.25, -0.2) is 0 Å². The molecular formula is C18H26N2O2. The largest absolute Gasteiger partial charge is 0.492 e. The molecule has 1 aliphatic heterocycles. The number of hydrogen-bond donors (Lipinski definition) is 1. The maximum atomic E-state index is 5.90. The van der Waals surface area contributed by atoms with E-state index in [1.54, 1.807) is 0 Å². The highest BCUT2D eigenvalue weighted by Gasteiger charge is 2.11. The quantitative estimate of drug-likeness (QED) is 0.874. The molecule has 1 heterocycles. The van der Waals surface area contributed by atoms with Crippen molar-refractivity contribution in [1.29, 1.82) is 0 Å². The van der Waals surface area contributed by atoms with Crippen LogP contribution in [0, 0.1) is 0 Å². The van der Waals surface area contributed by atoms with Gasteiger partial charge in [-0.2, -0.15) is 0 Å². The van der Waals surface area contributed by atoms with Crippen LogP contribution in [-0.4, -0.2) is 44.4 Å². The van der Waals surface area contributed by atoms with Crippen LogP contribution in [0.1, 0.15) is 26.2 Å². The molecule has 22 heavy (non-hydrogen) atoms. The number of hydrogen-bond acceptors (Lipinski definition) is 4. The molecule has 1 saturated heterocycles. The number of morpholine rings is 1. The summed E-state index contributed by atoms with van der Waals surface area (Å²) in [6.45, 7) is 7.62. The van der Waals surface area contributed by atoms with Crippen molar-refractivity contribution in [2.75, 3.05) is 44.8 Å². The molecule has 120 valence electrons. The van der Waals surface area contributed by atoms with Gasteiger partial charge in [-0.3, -0.25) is 4.90 Å². The van der Waals surface area contributed by atoms with E-state index in [2.05, 4.69) is 35.3 Å². The van der Waals surface area contributed by atoms with Crippen molar-refractivity contribution >= 4 is 5.69 Å². The number of anilines is 1. The lowest BCUT2D eigenvalue weighted by molar-refractivity contribution is 0.0322. The van der Waals surface area contributed by atoms with Gasteiger partial charge in [0.15, 0.2) is 0 Å². The van der Waals surface area contributed by atoms with Gasteiger partial charge in [-0.05, 0) is 38.3 Å². The van der Waals surface area contributed by atoms with Gasteiger partial charge in [0.1, 0.15) is 12.4 Å². The van der Waals surface area contributed by atoms with E-state index in [1.165, 1.54) is 24.1 Å². The van der Waals surface area contributed by atoms with Gasteiger partial charge in [-0.1, -0.05) is 11.6 Å². The summed E-state index contributed by atoms with van der Waals surface area (Å²) in [4.78, 5) is 2.39. The van der Waals surface area contributed by atoms with Crippen molar-refractivity contribution in [3.05, 3.63) is 35.5 Å². The first-order valence-electron chi connectivity index (χ1n) is 8.30.